The lowest BCUT2D eigenvalue weighted by Crippen LogP contribution is -2.36. The summed E-state index contributed by atoms with van der Waals surface area (Å²) in [4.78, 5) is 20.5. The first-order valence-corrected chi connectivity index (χ1v) is 6.78. The van der Waals surface area contributed by atoms with Crippen LogP contribution in [0.3, 0.4) is 0 Å². The molecule has 1 aromatic rings. The first kappa shape index (κ1) is 15.9. The maximum atomic E-state index is 11.8. The van der Waals surface area contributed by atoms with Gasteiger partial charge in [-0.2, -0.15) is 12.7 Å². The first-order valence-electron chi connectivity index (χ1n) is 5.34. The number of aliphatic carboxylic acids is 1. The highest BCUT2D eigenvalue weighted by molar-refractivity contribution is 7.90. The van der Waals surface area contributed by atoms with Crippen molar-refractivity contribution in [2.24, 2.45) is 0 Å². The van der Waals surface area contributed by atoms with E-state index in [4.69, 9.17) is 5.11 Å². The second kappa shape index (κ2) is 5.84. The van der Waals surface area contributed by atoms with Gasteiger partial charge in [0.25, 0.3) is 5.69 Å². The molecule has 1 aromatic carbocycles. The van der Waals surface area contributed by atoms with Crippen LogP contribution in [0.5, 0.6) is 0 Å². The molecule has 0 amide bonds. The van der Waals surface area contributed by atoms with Gasteiger partial charge in [-0.15, -0.1) is 0 Å². The van der Waals surface area contributed by atoms with Gasteiger partial charge in [-0.25, -0.2) is 0 Å². The van der Waals surface area contributed by atoms with Crippen LogP contribution >= 0.6 is 0 Å². The fourth-order valence-corrected chi connectivity index (χ4v) is 2.29. The number of anilines is 1. The minimum atomic E-state index is -4.03. The van der Waals surface area contributed by atoms with Crippen LogP contribution in [-0.2, 0) is 15.0 Å². The van der Waals surface area contributed by atoms with E-state index < -0.39 is 27.6 Å². The molecular weight excluding hydrogens is 290 g/mol. The van der Waals surface area contributed by atoms with Crippen molar-refractivity contribution in [1.29, 1.82) is 0 Å². The Morgan fingerprint density at radius 1 is 1.50 bits per heavy atom. The molecule has 0 saturated heterocycles. The third-order valence-corrected chi connectivity index (χ3v) is 3.85. The smallest absolute Gasteiger partial charge is 0.318 e. The summed E-state index contributed by atoms with van der Waals surface area (Å²) in [7, 11) is -2.92. The number of nitro groups is 1. The SMILES string of the molecule is Cc1cc(NS(=O)(=O)N(C)CC(=O)O)ccc1[N+](=O)[O-]. The summed E-state index contributed by atoms with van der Waals surface area (Å²) in [5.41, 5.74) is 0.272. The van der Waals surface area contributed by atoms with Gasteiger partial charge in [0.05, 0.1) is 10.6 Å². The molecule has 0 unspecified atom stereocenters. The van der Waals surface area contributed by atoms with Crippen LogP contribution in [0.2, 0.25) is 0 Å². The average Bonchev–Trinajstić information content (AvgIpc) is 2.26. The Kier molecular flexibility index (Phi) is 4.63. The molecule has 0 aliphatic rings. The number of nitrogens with one attached hydrogen (secondary N) is 1. The predicted octanol–water partition coefficient (Wildman–Crippen LogP) is 0.576. The Morgan fingerprint density at radius 3 is 2.55 bits per heavy atom. The Bertz CT molecular complexity index is 642. The second-order valence-electron chi connectivity index (χ2n) is 4.02. The summed E-state index contributed by atoms with van der Waals surface area (Å²) in [5, 5.41) is 19.2. The van der Waals surface area contributed by atoms with Gasteiger partial charge in [0.1, 0.15) is 6.54 Å². The predicted molar refractivity (Wildman–Crippen MR) is 70.6 cm³/mol. The van der Waals surface area contributed by atoms with E-state index in [2.05, 4.69) is 4.72 Å². The van der Waals surface area contributed by atoms with E-state index in [-0.39, 0.29) is 16.9 Å². The lowest BCUT2D eigenvalue weighted by molar-refractivity contribution is -0.385. The number of carbonyl (C=O) groups is 1. The number of carboxylic acids is 1. The molecule has 9 nitrogen and oxygen atoms in total. The highest BCUT2D eigenvalue weighted by atomic mass is 32.2. The molecule has 0 radical (unpaired) electrons. The number of aryl methyl sites for hydroxylation is 1. The molecule has 110 valence electrons. The van der Waals surface area contributed by atoms with Crippen LogP contribution in [0, 0.1) is 17.0 Å². The Morgan fingerprint density at radius 2 is 2.10 bits per heavy atom. The maximum absolute atomic E-state index is 11.8. The van der Waals surface area contributed by atoms with E-state index in [1.165, 1.54) is 25.1 Å². The van der Waals surface area contributed by atoms with Crippen LogP contribution in [0.1, 0.15) is 5.56 Å². The number of nitrogens with zero attached hydrogens (tertiary/aromatic N) is 2. The minimum absolute atomic E-state index is 0.116. The van der Waals surface area contributed by atoms with Crippen molar-refractivity contribution in [3.63, 3.8) is 0 Å². The molecular formula is C10H13N3O6S. The van der Waals surface area contributed by atoms with Crippen LogP contribution in [0.25, 0.3) is 0 Å². The minimum Gasteiger partial charge on any atom is -0.480 e. The Balaban J connectivity index is 2.96. The van der Waals surface area contributed by atoms with E-state index in [0.717, 1.165) is 7.05 Å². The van der Waals surface area contributed by atoms with Gasteiger partial charge in [-0.1, -0.05) is 0 Å². The number of nitro benzene ring substituents is 1. The van der Waals surface area contributed by atoms with Crippen molar-refractivity contribution >= 4 is 27.6 Å². The van der Waals surface area contributed by atoms with Crippen LogP contribution in [0.4, 0.5) is 11.4 Å². The van der Waals surface area contributed by atoms with E-state index in [1.807, 2.05) is 0 Å². The largest absolute Gasteiger partial charge is 0.480 e. The van der Waals surface area contributed by atoms with Gasteiger partial charge in [0.2, 0.25) is 0 Å². The van der Waals surface area contributed by atoms with E-state index >= 15 is 0 Å². The normalized spacial score (nSPS) is 11.3. The quantitative estimate of drug-likeness (QED) is 0.584. The van der Waals surface area contributed by atoms with Gasteiger partial charge >= 0.3 is 16.2 Å². The lowest BCUT2D eigenvalue weighted by Gasteiger charge is -2.16. The number of benzene rings is 1. The molecule has 10 heteroatoms. The van der Waals surface area contributed by atoms with Gasteiger partial charge in [0.15, 0.2) is 0 Å². The highest BCUT2D eigenvalue weighted by Crippen LogP contribution is 2.22. The van der Waals surface area contributed by atoms with Crippen molar-refractivity contribution in [3.8, 4) is 0 Å². The summed E-state index contributed by atoms with van der Waals surface area (Å²) in [5.74, 6) is -1.29. The van der Waals surface area contributed by atoms with Crippen molar-refractivity contribution < 1.29 is 23.2 Å². The third-order valence-electron chi connectivity index (χ3n) is 2.41. The standard InChI is InChI=1S/C10H13N3O6S/c1-7-5-8(3-4-9(7)13(16)17)11-20(18,19)12(2)6-10(14)15/h3-5,11H,6H2,1-2H3,(H,14,15). The van der Waals surface area contributed by atoms with Gasteiger partial charge in [-0.05, 0) is 19.1 Å². The lowest BCUT2D eigenvalue weighted by atomic mass is 10.2. The van der Waals surface area contributed by atoms with Gasteiger partial charge < -0.3 is 5.11 Å². The topological polar surface area (TPSA) is 130 Å². The molecule has 0 atom stereocenters. The Hall–Kier alpha value is -2.20. The van der Waals surface area contributed by atoms with E-state index in [0.29, 0.717) is 4.31 Å². The molecule has 0 aliphatic heterocycles. The first-order chi connectivity index (χ1) is 9.13. The third kappa shape index (κ3) is 3.90. The second-order valence-corrected chi connectivity index (χ2v) is 5.79. The molecule has 20 heavy (non-hydrogen) atoms. The summed E-state index contributed by atoms with van der Waals surface area (Å²) in [6.07, 6.45) is 0. The molecule has 0 saturated carbocycles. The van der Waals surface area contributed by atoms with Crippen LogP contribution in [-0.4, -0.2) is 42.3 Å². The summed E-state index contributed by atoms with van der Waals surface area (Å²) in [6, 6.07) is 3.70. The molecule has 0 aliphatic carbocycles. The monoisotopic (exact) mass is 303 g/mol. The molecule has 1 rings (SSSR count). The van der Waals surface area contributed by atoms with Crippen LogP contribution in [0.15, 0.2) is 18.2 Å². The van der Waals surface area contributed by atoms with Crippen molar-refractivity contribution in [2.45, 2.75) is 6.92 Å². The number of hydrogen-bond acceptors (Lipinski definition) is 5. The van der Waals surface area contributed by atoms with Crippen LogP contribution < -0.4 is 4.72 Å². The molecule has 2 N–H and O–H groups in total. The van der Waals surface area contributed by atoms with Crippen molar-refractivity contribution in [1.82, 2.24) is 4.31 Å². The number of rotatable bonds is 6. The Labute approximate surface area is 115 Å². The zero-order valence-corrected chi connectivity index (χ0v) is 11.5. The van der Waals surface area contributed by atoms with Gasteiger partial charge in [-0.3, -0.25) is 19.6 Å². The van der Waals surface area contributed by atoms with Gasteiger partial charge in [0, 0.05) is 18.7 Å². The molecule has 0 spiro atoms. The highest BCUT2D eigenvalue weighted by Gasteiger charge is 2.21. The van der Waals surface area contributed by atoms with E-state index in [9.17, 15) is 23.3 Å². The average molecular weight is 303 g/mol. The summed E-state index contributed by atoms with van der Waals surface area (Å²) >= 11 is 0. The molecule has 0 aromatic heterocycles. The van der Waals surface area contributed by atoms with Crippen molar-refractivity contribution in [3.05, 3.63) is 33.9 Å². The molecule has 0 fully saturated rings. The fraction of sp³-hybridized carbons (Fsp3) is 0.300. The number of hydrogen-bond donors (Lipinski definition) is 2. The van der Waals surface area contributed by atoms with Crippen molar-refractivity contribution in [2.75, 3.05) is 18.3 Å². The molecule has 0 heterocycles. The maximum Gasteiger partial charge on any atom is 0.318 e. The number of likely N-dealkylation sites (N-methyl/N-ethyl adjacent to an activating group) is 1. The zero-order valence-electron chi connectivity index (χ0n) is 10.7. The zero-order chi connectivity index (χ0) is 15.5. The molecule has 0 bridgehead atoms. The summed E-state index contributed by atoms with van der Waals surface area (Å²) in [6.45, 7) is 0.776. The van der Waals surface area contributed by atoms with E-state index in [1.54, 1.807) is 0 Å². The summed E-state index contributed by atoms with van der Waals surface area (Å²) < 4.78 is 26.3. The number of carboxylic acid groups (broad SMARTS) is 1. The fourth-order valence-electron chi connectivity index (χ4n) is 1.43.